The normalized spacial score (nSPS) is 26.6. The molecule has 0 aromatic heterocycles. The predicted molar refractivity (Wildman–Crippen MR) is 82.2 cm³/mol. The first-order valence-electron chi connectivity index (χ1n) is 7.23. The zero-order chi connectivity index (χ0) is 14.4. The Labute approximate surface area is 121 Å². The third-order valence-corrected chi connectivity index (χ3v) is 3.79. The van der Waals surface area contributed by atoms with Gasteiger partial charge in [-0.2, -0.15) is 0 Å². The van der Waals surface area contributed by atoms with Gasteiger partial charge < -0.3 is 4.74 Å². The summed E-state index contributed by atoms with van der Waals surface area (Å²) in [5.74, 6) is -0.153. The van der Waals surface area contributed by atoms with Gasteiger partial charge in [-0.25, -0.2) is 0 Å². The lowest BCUT2D eigenvalue weighted by Crippen LogP contribution is -2.29. The van der Waals surface area contributed by atoms with Gasteiger partial charge in [0.1, 0.15) is 11.5 Å². The molecule has 0 aromatic carbocycles. The Morgan fingerprint density at radius 2 is 2.15 bits per heavy atom. The quantitative estimate of drug-likeness (QED) is 0.563. The van der Waals surface area contributed by atoms with Crippen molar-refractivity contribution in [3.05, 3.63) is 60.8 Å². The number of hydrogen-bond donors (Lipinski definition) is 0. The van der Waals surface area contributed by atoms with Crippen molar-refractivity contribution in [2.24, 2.45) is 5.41 Å². The maximum atomic E-state index is 12.4. The van der Waals surface area contributed by atoms with Gasteiger partial charge >= 0.3 is 5.97 Å². The van der Waals surface area contributed by atoms with Crippen molar-refractivity contribution in [3.8, 4) is 0 Å². The van der Waals surface area contributed by atoms with Gasteiger partial charge in [0.05, 0.1) is 0 Å². The van der Waals surface area contributed by atoms with E-state index in [-0.39, 0.29) is 12.1 Å². The Hall–Kier alpha value is -1.83. The van der Waals surface area contributed by atoms with Crippen LogP contribution < -0.4 is 0 Å². The Kier molecular flexibility index (Phi) is 4.78. The first kappa shape index (κ1) is 14.6. The number of rotatable bonds is 4. The first-order chi connectivity index (χ1) is 9.64. The van der Waals surface area contributed by atoms with Crippen LogP contribution in [0.15, 0.2) is 60.8 Å². The van der Waals surface area contributed by atoms with Crippen LogP contribution in [-0.2, 0) is 9.53 Å². The summed E-state index contributed by atoms with van der Waals surface area (Å²) in [5, 5.41) is 0. The number of carbonyl (C=O) groups excluding carboxylic acids is 1. The second-order valence-corrected chi connectivity index (χ2v) is 5.55. The average Bonchev–Trinajstić information content (AvgIpc) is 2.86. The lowest BCUT2D eigenvalue weighted by molar-refractivity contribution is -0.155. The molecule has 0 aliphatic heterocycles. The van der Waals surface area contributed by atoms with Crippen LogP contribution in [0, 0.1) is 5.41 Å². The standard InChI is InChI=1S/C18H22O2/c1-3-4-8-15-9-7-13-18(2,14-12-15)17(19)20-16-10-5-6-11-16/h3-4,7-9,12-14,16H,1,5-6,10-11H2,2H3/b8-4+. The molecule has 2 heteroatoms. The van der Waals surface area contributed by atoms with E-state index in [9.17, 15) is 4.79 Å². The molecule has 20 heavy (non-hydrogen) atoms. The molecule has 0 N–H and O–H groups in total. The molecule has 0 amide bonds. The summed E-state index contributed by atoms with van der Waals surface area (Å²) < 4.78 is 5.63. The molecule has 0 aromatic rings. The smallest absolute Gasteiger partial charge is 0.319 e. The van der Waals surface area contributed by atoms with Crippen LogP contribution in [0.25, 0.3) is 0 Å². The predicted octanol–water partition coefficient (Wildman–Crippen LogP) is 4.27. The van der Waals surface area contributed by atoms with Crippen molar-refractivity contribution in [3.63, 3.8) is 0 Å². The minimum Gasteiger partial charge on any atom is -0.462 e. The monoisotopic (exact) mass is 270 g/mol. The van der Waals surface area contributed by atoms with Crippen LogP contribution in [0.3, 0.4) is 0 Å². The molecule has 2 aliphatic carbocycles. The fourth-order valence-electron chi connectivity index (χ4n) is 2.45. The van der Waals surface area contributed by atoms with E-state index in [1.165, 1.54) is 12.8 Å². The summed E-state index contributed by atoms with van der Waals surface area (Å²) in [6, 6.07) is 0. The van der Waals surface area contributed by atoms with Crippen LogP contribution in [0.5, 0.6) is 0 Å². The third kappa shape index (κ3) is 3.60. The van der Waals surface area contributed by atoms with Crippen molar-refractivity contribution in [2.75, 3.05) is 0 Å². The molecule has 0 radical (unpaired) electrons. The molecule has 1 atom stereocenters. The zero-order valence-electron chi connectivity index (χ0n) is 12.0. The maximum absolute atomic E-state index is 12.4. The molecule has 0 spiro atoms. The largest absolute Gasteiger partial charge is 0.462 e. The lowest BCUT2D eigenvalue weighted by atomic mass is 9.90. The number of ether oxygens (including phenoxy) is 1. The van der Waals surface area contributed by atoms with Gasteiger partial charge in [0, 0.05) is 0 Å². The molecule has 1 fully saturated rings. The lowest BCUT2D eigenvalue weighted by Gasteiger charge is -2.22. The number of allylic oxidation sites excluding steroid dienone is 7. The Balaban J connectivity index is 2.05. The maximum Gasteiger partial charge on any atom is 0.319 e. The van der Waals surface area contributed by atoms with E-state index in [0.29, 0.717) is 0 Å². The highest BCUT2D eigenvalue weighted by molar-refractivity contribution is 5.81. The molecule has 1 unspecified atom stereocenters. The van der Waals surface area contributed by atoms with Gasteiger partial charge in [0.15, 0.2) is 0 Å². The summed E-state index contributed by atoms with van der Waals surface area (Å²) in [6.07, 6.45) is 19.7. The summed E-state index contributed by atoms with van der Waals surface area (Å²) in [6.45, 7) is 5.55. The van der Waals surface area contributed by atoms with Crippen molar-refractivity contribution in [2.45, 2.75) is 38.7 Å². The summed E-state index contributed by atoms with van der Waals surface area (Å²) in [5.41, 5.74) is 0.363. The summed E-state index contributed by atoms with van der Waals surface area (Å²) >= 11 is 0. The van der Waals surface area contributed by atoms with Gasteiger partial charge in [-0.1, -0.05) is 55.2 Å². The summed E-state index contributed by atoms with van der Waals surface area (Å²) in [7, 11) is 0. The highest BCUT2D eigenvalue weighted by atomic mass is 16.5. The molecular formula is C18H22O2. The Bertz CT molecular complexity index is 488. The van der Waals surface area contributed by atoms with Crippen molar-refractivity contribution in [1.29, 1.82) is 0 Å². The highest BCUT2D eigenvalue weighted by Gasteiger charge is 2.32. The fraction of sp³-hybridized carbons (Fsp3) is 0.389. The number of hydrogen-bond acceptors (Lipinski definition) is 2. The molecular weight excluding hydrogens is 248 g/mol. The van der Waals surface area contributed by atoms with Crippen LogP contribution in [0.1, 0.15) is 32.6 Å². The third-order valence-electron chi connectivity index (χ3n) is 3.79. The first-order valence-corrected chi connectivity index (χ1v) is 7.23. The van der Waals surface area contributed by atoms with Crippen LogP contribution in [-0.4, -0.2) is 12.1 Å². The van der Waals surface area contributed by atoms with E-state index in [2.05, 4.69) is 6.58 Å². The molecule has 106 valence electrons. The van der Waals surface area contributed by atoms with E-state index in [1.807, 2.05) is 49.5 Å². The minimum absolute atomic E-state index is 0.109. The van der Waals surface area contributed by atoms with E-state index in [0.717, 1.165) is 18.4 Å². The number of esters is 1. The summed E-state index contributed by atoms with van der Waals surface area (Å²) in [4.78, 5) is 12.4. The van der Waals surface area contributed by atoms with Crippen LogP contribution >= 0.6 is 0 Å². The molecule has 2 aliphatic rings. The Morgan fingerprint density at radius 1 is 1.40 bits per heavy atom. The average molecular weight is 270 g/mol. The van der Waals surface area contributed by atoms with Gasteiger partial charge in [-0.05, 0) is 38.2 Å². The second kappa shape index (κ2) is 6.56. The fourth-order valence-corrected chi connectivity index (χ4v) is 2.45. The molecule has 2 rings (SSSR count). The minimum atomic E-state index is -0.678. The van der Waals surface area contributed by atoms with Gasteiger partial charge in [-0.15, -0.1) is 0 Å². The van der Waals surface area contributed by atoms with Crippen molar-refractivity contribution in [1.82, 2.24) is 0 Å². The van der Waals surface area contributed by atoms with Crippen molar-refractivity contribution >= 4 is 5.97 Å². The van der Waals surface area contributed by atoms with E-state index >= 15 is 0 Å². The molecule has 0 bridgehead atoms. The second-order valence-electron chi connectivity index (χ2n) is 5.55. The highest BCUT2D eigenvalue weighted by Crippen LogP contribution is 2.29. The Morgan fingerprint density at radius 3 is 2.85 bits per heavy atom. The van der Waals surface area contributed by atoms with Crippen LogP contribution in [0.2, 0.25) is 0 Å². The zero-order valence-corrected chi connectivity index (χ0v) is 12.0. The van der Waals surface area contributed by atoms with Gasteiger partial charge in [0.2, 0.25) is 0 Å². The SMILES string of the molecule is C=C/C=C/C1=CC=CC(C)(C(=O)OC2CCCC2)C=C1. The van der Waals surface area contributed by atoms with E-state index in [4.69, 9.17) is 4.74 Å². The molecule has 2 nitrogen and oxygen atoms in total. The van der Waals surface area contributed by atoms with E-state index in [1.54, 1.807) is 6.08 Å². The van der Waals surface area contributed by atoms with Gasteiger partial charge in [0.25, 0.3) is 0 Å². The van der Waals surface area contributed by atoms with E-state index < -0.39 is 5.41 Å². The molecule has 1 saturated carbocycles. The topological polar surface area (TPSA) is 26.3 Å². The molecule has 0 heterocycles. The number of carbonyl (C=O) groups is 1. The molecule has 0 saturated heterocycles. The van der Waals surface area contributed by atoms with Crippen molar-refractivity contribution < 1.29 is 9.53 Å². The van der Waals surface area contributed by atoms with Gasteiger partial charge in [-0.3, -0.25) is 4.79 Å². The van der Waals surface area contributed by atoms with Crippen LogP contribution in [0.4, 0.5) is 0 Å².